The largest absolute Gasteiger partial charge is 0.355 e. The summed E-state index contributed by atoms with van der Waals surface area (Å²) in [4.78, 5) is 30.3. The molecule has 0 radical (unpaired) electrons. The molecule has 1 saturated heterocycles. The molecule has 1 unspecified atom stereocenters. The average molecular weight is 290 g/mol. The summed E-state index contributed by atoms with van der Waals surface area (Å²) >= 11 is 0. The molecule has 2 amide bonds. The highest BCUT2D eigenvalue weighted by Crippen LogP contribution is 2.08. The van der Waals surface area contributed by atoms with Crippen molar-refractivity contribution >= 4 is 11.8 Å². The second-order valence-corrected chi connectivity index (χ2v) is 5.02. The summed E-state index contributed by atoms with van der Waals surface area (Å²) in [5.41, 5.74) is 0.899. The van der Waals surface area contributed by atoms with Gasteiger partial charge in [0, 0.05) is 44.5 Å². The quantitative estimate of drug-likeness (QED) is 0.797. The van der Waals surface area contributed by atoms with Crippen LogP contribution in [0.4, 0.5) is 0 Å². The Morgan fingerprint density at radius 1 is 1.48 bits per heavy atom. The lowest BCUT2D eigenvalue weighted by molar-refractivity contribution is -0.141. The van der Waals surface area contributed by atoms with E-state index < -0.39 is 6.04 Å². The van der Waals surface area contributed by atoms with Crippen molar-refractivity contribution in [2.24, 2.45) is 0 Å². The Morgan fingerprint density at radius 3 is 3.05 bits per heavy atom. The number of rotatable bonds is 5. The Hall–Kier alpha value is -1.95. The minimum absolute atomic E-state index is 0.0124. The van der Waals surface area contributed by atoms with Crippen LogP contribution in [0.1, 0.15) is 19.0 Å². The van der Waals surface area contributed by atoms with Gasteiger partial charge in [0.15, 0.2) is 0 Å². The molecule has 6 heteroatoms. The number of hydrogen-bond acceptors (Lipinski definition) is 4. The van der Waals surface area contributed by atoms with Crippen LogP contribution >= 0.6 is 0 Å². The Kier molecular flexibility index (Phi) is 5.68. The van der Waals surface area contributed by atoms with Crippen LogP contribution in [0.5, 0.6) is 0 Å². The number of hydrogen-bond donors (Lipinski definition) is 2. The maximum Gasteiger partial charge on any atom is 0.244 e. The van der Waals surface area contributed by atoms with Crippen LogP contribution < -0.4 is 10.6 Å². The molecule has 0 spiro atoms. The number of carbonyl (C=O) groups excluding carboxylic acids is 2. The van der Waals surface area contributed by atoms with Gasteiger partial charge in [-0.1, -0.05) is 6.07 Å². The van der Waals surface area contributed by atoms with E-state index in [2.05, 4.69) is 15.6 Å². The molecule has 2 N–H and O–H groups in total. The lowest BCUT2D eigenvalue weighted by Crippen LogP contribution is -2.59. The Balaban J connectivity index is 1.93. The molecule has 1 aromatic heterocycles. The molecule has 1 aliphatic rings. The van der Waals surface area contributed by atoms with Crippen molar-refractivity contribution in [1.82, 2.24) is 20.5 Å². The van der Waals surface area contributed by atoms with Crippen molar-refractivity contribution in [2.75, 3.05) is 26.2 Å². The molecule has 0 aliphatic carbocycles. The fourth-order valence-corrected chi connectivity index (χ4v) is 2.45. The van der Waals surface area contributed by atoms with Gasteiger partial charge in [0.1, 0.15) is 6.04 Å². The molecule has 1 atom stereocenters. The van der Waals surface area contributed by atoms with E-state index in [1.54, 1.807) is 11.1 Å². The number of aryl methyl sites for hydroxylation is 1. The van der Waals surface area contributed by atoms with E-state index in [1.807, 2.05) is 25.1 Å². The number of aromatic nitrogens is 1. The van der Waals surface area contributed by atoms with Crippen molar-refractivity contribution in [2.45, 2.75) is 25.8 Å². The summed E-state index contributed by atoms with van der Waals surface area (Å²) in [7, 11) is 0. The van der Waals surface area contributed by atoms with Crippen LogP contribution in [0.15, 0.2) is 24.4 Å². The average Bonchev–Trinajstić information content (AvgIpc) is 2.54. The van der Waals surface area contributed by atoms with Gasteiger partial charge in [0.25, 0.3) is 0 Å². The zero-order valence-corrected chi connectivity index (χ0v) is 12.3. The fraction of sp³-hybridized carbons (Fsp3) is 0.533. The van der Waals surface area contributed by atoms with E-state index >= 15 is 0 Å². The van der Waals surface area contributed by atoms with Crippen LogP contribution in [-0.4, -0.2) is 53.9 Å². The molecule has 0 saturated carbocycles. The van der Waals surface area contributed by atoms with Gasteiger partial charge in [-0.3, -0.25) is 14.6 Å². The first-order valence-corrected chi connectivity index (χ1v) is 7.40. The number of piperazine rings is 1. The highest BCUT2D eigenvalue weighted by molar-refractivity contribution is 5.88. The zero-order chi connectivity index (χ0) is 15.1. The predicted molar refractivity (Wildman–Crippen MR) is 79.6 cm³/mol. The Labute approximate surface area is 124 Å². The molecule has 0 bridgehead atoms. The SMILES string of the molecule is CCNC(=O)C1CNCCN1C(=O)CCc1ccccn1. The van der Waals surface area contributed by atoms with Crippen LogP contribution in [0.25, 0.3) is 0 Å². The molecular formula is C15H22N4O2. The minimum Gasteiger partial charge on any atom is -0.355 e. The lowest BCUT2D eigenvalue weighted by Gasteiger charge is -2.35. The van der Waals surface area contributed by atoms with Gasteiger partial charge in [-0.25, -0.2) is 0 Å². The summed E-state index contributed by atoms with van der Waals surface area (Å²) in [5, 5.41) is 5.95. The molecule has 21 heavy (non-hydrogen) atoms. The fourth-order valence-electron chi connectivity index (χ4n) is 2.45. The smallest absolute Gasteiger partial charge is 0.244 e. The van der Waals surface area contributed by atoms with Crippen molar-refractivity contribution in [1.29, 1.82) is 0 Å². The zero-order valence-electron chi connectivity index (χ0n) is 12.3. The van der Waals surface area contributed by atoms with Crippen LogP contribution in [0.2, 0.25) is 0 Å². The summed E-state index contributed by atoms with van der Waals surface area (Å²) in [6, 6.07) is 5.27. The number of pyridine rings is 1. The molecular weight excluding hydrogens is 268 g/mol. The van der Waals surface area contributed by atoms with Crippen molar-refractivity contribution in [3.63, 3.8) is 0 Å². The van der Waals surface area contributed by atoms with Gasteiger partial charge in [0.05, 0.1) is 0 Å². The summed E-state index contributed by atoms with van der Waals surface area (Å²) in [6.07, 6.45) is 2.71. The molecule has 114 valence electrons. The number of amides is 2. The van der Waals surface area contributed by atoms with Gasteiger partial charge >= 0.3 is 0 Å². The summed E-state index contributed by atoms with van der Waals surface area (Å²) < 4.78 is 0. The van der Waals surface area contributed by atoms with Crippen LogP contribution in [0, 0.1) is 0 Å². The number of nitrogens with one attached hydrogen (secondary N) is 2. The first-order chi connectivity index (χ1) is 10.2. The van der Waals surface area contributed by atoms with E-state index in [9.17, 15) is 9.59 Å². The number of nitrogens with zero attached hydrogens (tertiary/aromatic N) is 2. The second kappa shape index (κ2) is 7.73. The first-order valence-electron chi connectivity index (χ1n) is 7.40. The third kappa shape index (κ3) is 4.26. The van der Waals surface area contributed by atoms with Gasteiger partial charge in [-0.15, -0.1) is 0 Å². The van der Waals surface area contributed by atoms with Crippen LogP contribution in [0.3, 0.4) is 0 Å². The summed E-state index contributed by atoms with van der Waals surface area (Å²) in [5.74, 6) is -0.0747. The van der Waals surface area contributed by atoms with E-state index in [1.165, 1.54) is 0 Å². The highest BCUT2D eigenvalue weighted by atomic mass is 16.2. The maximum atomic E-state index is 12.4. The van der Waals surface area contributed by atoms with Crippen molar-refractivity contribution < 1.29 is 9.59 Å². The predicted octanol–water partition coefficient (Wildman–Crippen LogP) is -0.0493. The van der Waals surface area contributed by atoms with Gasteiger partial charge in [-0.2, -0.15) is 0 Å². The molecule has 1 aliphatic heterocycles. The van der Waals surface area contributed by atoms with Gasteiger partial charge in [0.2, 0.25) is 11.8 Å². The van der Waals surface area contributed by atoms with Gasteiger partial charge in [-0.05, 0) is 25.5 Å². The topological polar surface area (TPSA) is 74.3 Å². The van der Waals surface area contributed by atoms with Gasteiger partial charge < -0.3 is 15.5 Å². The lowest BCUT2D eigenvalue weighted by atomic mass is 10.1. The normalized spacial score (nSPS) is 18.3. The second-order valence-electron chi connectivity index (χ2n) is 5.02. The van der Waals surface area contributed by atoms with Crippen molar-refractivity contribution in [3.05, 3.63) is 30.1 Å². The molecule has 1 aromatic rings. The number of carbonyl (C=O) groups is 2. The minimum atomic E-state index is -0.407. The van der Waals surface area contributed by atoms with E-state index in [0.29, 0.717) is 32.5 Å². The van der Waals surface area contributed by atoms with E-state index in [4.69, 9.17) is 0 Å². The monoisotopic (exact) mass is 290 g/mol. The molecule has 1 fully saturated rings. The Bertz CT molecular complexity index is 478. The maximum absolute atomic E-state index is 12.4. The summed E-state index contributed by atoms with van der Waals surface area (Å²) in [6.45, 7) is 4.27. The molecule has 2 heterocycles. The highest BCUT2D eigenvalue weighted by Gasteiger charge is 2.31. The third-order valence-electron chi connectivity index (χ3n) is 3.54. The molecule has 2 rings (SSSR count). The molecule has 0 aromatic carbocycles. The standard InChI is InChI=1S/C15H22N4O2/c1-2-17-15(21)13-11-16-9-10-19(13)14(20)7-6-12-5-3-4-8-18-12/h3-5,8,13,16H,2,6-7,9-11H2,1H3,(H,17,21). The van der Waals surface area contributed by atoms with Crippen LogP contribution in [-0.2, 0) is 16.0 Å². The first kappa shape index (κ1) is 15.4. The Morgan fingerprint density at radius 2 is 2.33 bits per heavy atom. The number of likely N-dealkylation sites (N-methyl/N-ethyl adjacent to an activating group) is 1. The third-order valence-corrected chi connectivity index (χ3v) is 3.54. The molecule has 6 nitrogen and oxygen atoms in total. The van der Waals surface area contributed by atoms with Crippen molar-refractivity contribution in [3.8, 4) is 0 Å². The van der Waals surface area contributed by atoms with E-state index in [0.717, 1.165) is 12.2 Å². The van der Waals surface area contributed by atoms with E-state index in [-0.39, 0.29) is 11.8 Å².